The quantitative estimate of drug-likeness (QED) is 0.730. The lowest BCUT2D eigenvalue weighted by atomic mass is 10.2. The van der Waals surface area contributed by atoms with Gasteiger partial charge in [0.25, 0.3) is 0 Å². The van der Waals surface area contributed by atoms with Crippen molar-refractivity contribution in [3.63, 3.8) is 0 Å². The first kappa shape index (κ1) is 11.4. The third-order valence-corrected chi connectivity index (χ3v) is 2.59. The Kier molecular flexibility index (Phi) is 2.65. The lowest BCUT2D eigenvalue weighted by Gasteiger charge is -2.23. The largest absolute Gasteiger partial charge is 0.443 e. The predicted octanol–water partition coefficient (Wildman–Crippen LogP) is 1.80. The minimum atomic E-state index is -0.496. The summed E-state index contributed by atoms with van der Waals surface area (Å²) in [5.41, 5.74) is -0.496. The first-order valence-corrected chi connectivity index (χ1v) is 5.77. The van der Waals surface area contributed by atoms with Crippen molar-refractivity contribution in [1.29, 1.82) is 0 Å². The minimum Gasteiger partial charge on any atom is -0.443 e. The van der Waals surface area contributed by atoms with Crippen LogP contribution in [0.3, 0.4) is 0 Å². The zero-order chi connectivity index (χ0) is 11.9. The standard InChI is InChI=1S/C9H13BrN4O2/c1-9(2,3)16-8(15)13-4-5-14-7(13)6(10)11-12-14/h4-5H2,1-3H3. The number of carbonyl (C=O) groups is 1. The molecular formula is C9H13BrN4O2. The van der Waals surface area contributed by atoms with Crippen molar-refractivity contribution in [2.75, 3.05) is 11.4 Å². The van der Waals surface area contributed by atoms with Crippen LogP contribution in [0.15, 0.2) is 4.60 Å². The molecule has 0 aromatic carbocycles. The Morgan fingerprint density at radius 2 is 2.12 bits per heavy atom. The molecule has 0 spiro atoms. The molecule has 16 heavy (non-hydrogen) atoms. The summed E-state index contributed by atoms with van der Waals surface area (Å²) in [5.74, 6) is 0.661. The topological polar surface area (TPSA) is 60.2 Å². The van der Waals surface area contributed by atoms with Gasteiger partial charge in [-0.2, -0.15) is 0 Å². The molecule has 6 nitrogen and oxygen atoms in total. The fourth-order valence-electron chi connectivity index (χ4n) is 1.48. The van der Waals surface area contributed by atoms with E-state index >= 15 is 0 Å². The summed E-state index contributed by atoms with van der Waals surface area (Å²) in [6.45, 7) is 6.73. The smallest absolute Gasteiger partial charge is 0.416 e. The fraction of sp³-hybridized carbons (Fsp3) is 0.667. The van der Waals surface area contributed by atoms with Crippen LogP contribution in [0.2, 0.25) is 0 Å². The molecule has 7 heteroatoms. The zero-order valence-electron chi connectivity index (χ0n) is 9.40. The van der Waals surface area contributed by atoms with Gasteiger partial charge in [0.15, 0.2) is 10.4 Å². The Labute approximate surface area is 102 Å². The number of carbonyl (C=O) groups excluding carboxylic acids is 1. The van der Waals surface area contributed by atoms with E-state index in [0.29, 0.717) is 23.5 Å². The number of nitrogens with zero attached hydrogens (tertiary/aromatic N) is 4. The summed E-state index contributed by atoms with van der Waals surface area (Å²) in [6, 6.07) is 0. The van der Waals surface area contributed by atoms with Crippen molar-refractivity contribution in [3.05, 3.63) is 4.60 Å². The van der Waals surface area contributed by atoms with Crippen LogP contribution in [0.25, 0.3) is 0 Å². The van der Waals surface area contributed by atoms with Crippen molar-refractivity contribution in [3.8, 4) is 0 Å². The molecule has 2 rings (SSSR count). The number of hydrogen-bond acceptors (Lipinski definition) is 4. The molecule has 0 radical (unpaired) electrons. The van der Waals surface area contributed by atoms with Crippen molar-refractivity contribution in [2.45, 2.75) is 32.9 Å². The number of aromatic nitrogens is 3. The lowest BCUT2D eigenvalue weighted by Crippen LogP contribution is -2.35. The van der Waals surface area contributed by atoms with Gasteiger partial charge in [0, 0.05) is 0 Å². The molecule has 0 saturated carbocycles. The van der Waals surface area contributed by atoms with Crippen molar-refractivity contribution in [2.24, 2.45) is 0 Å². The molecule has 1 aromatic heterocycles. The van der Waals surface area contributed by atoms with E-state index in [9.17, 15) is 4.79 Å². The molecule has 2 heterocycles. The summed E-state index contributed by atoms with van der Waals surface area (Å²) in [4.78, 5) is 13.4. The number of halogens is 1. The highest BCUT2D eigenvalue weighted by atomic mass is 79.9. The molecule has 0 bridgehead atoms. The van der Waals surface area contributed by atoms with E-state index in [4.69, 9.17) is 4.74 Å². The van der Waals surface area contributed by atoms with Crippen LogP contribution in [0.5, 0.6) is 0 Å². The van der Waals surface area contributed by atoms with E-state index in [2.05, 4.69) is 26.2 Å². The second kappa shape index (κ2) is 3.73. The zero-order valence-corrected chi connectivity index (χ0v) is 11.0. The highest BCUT2D eigenvalue weighted by molar-refractivity contribution is 9.10. The second-order valence-corrected chi connectivity index (χ2v) is 5.31. The summed E-state index contributed by atoms with van der Waals surface area (Å²) in [5, 5.41) is 7.74. The molecule has 0 saturated heterocycles. The number of fused-ring (bicyclic) bond motifs is 1. The van der Waals surface area contributed by atoms with E-state index in [1.165, 1.54) is 4.90 Å². The number of ether oxygens (including phenoxy) is 1. The predicted molar refractivity (Wildman–Crippen MR) is 61.3 cm³/mol. The van der Waals surface area contributed by atoms with Gasteiger partial charge in [-0.25, -0.2) is 9.48 Å². The van der Waals surface area contributed by atoms with Crippen molar-refractivity contribution < 1.29 is 9.53 Å². The Bertz CT molecular complexity index is 424. The maximum atomic E-state index is 11.9. The van der Waals surface area contributed by atoms with E-state index in [1.807, 2.05) is 20.8 Å². The maximum Gasteiger partial charge on any atom is 0.416 e. The first-order chi connectivity index (χ1) is 7.38. The van der Waals surface area contributed by atoms with Crippen molar-refractivity contribution in [1.82, 2.24) is 15.0 Å². The van der Waals surface area contributed by atoms with Gasteiger partial charge in [-0.15, -0.1) is 5.10 Å². The van der Waals surface area contributed by atoms with Gasteiger partial charge < -0.3 is 4.74 Å². The Hall–Kier alpha value is -1.11. The Morgan fingerprint density at radius 3 is 2.75 bits per heavy atom. The van der Waals surface area contributed by atoms with E-state index in [-0.39, 0.29) is 6.09 Å². The molecule has 1 amide bonds. The van der Waals surface area contributed by atoms with E-state index in [0.717, 1.165) is 0 Å². The summed E-state index contributed by atoms with van der Waals surface area (Å²) >= 11 is 3.26. The molecule has 1 aliphatic rings. The van der Waals surface area contributed by atoms with Crippen LogP contribution in [-0.4, -0.2) is 33.2 Å². The molecule has 0 fully saturated rings. The van der Waals surface area contributed by atoms with Crippen LogP contribution in [0.1, 0.15) is 20.8 Å². The number of hydrogen-bond donors (Lipinski definition) is 0. The van der Waals surface area contributed by atoms with Gasteiger partial charge in [0.1, 0.15) is 5.60 Å². The second-order valence-electron chi connectivity index (χ2n) is 4.56. The molecule has 0 N–H and O–H groups in total. The third kappa shape index (κ3) is 2.04. The van der Waals surface area contributed by atoms with Crippen LogP contribution in [0, 0.1) is 0 Å². The molecule has 0 atom stereocenters. The minimum absolute atomic E-state index is 0.366. The monoisotopic (exact) mass is 288 g/mol. The molecule has 0 aliphatic carbocycles. The molecule has 1 aliphatic heterocycles. The Balaban J connectivity index is 2.19. The van der Waals surface area contributed by atoms with Gasteiger partial charge in [0.2, 0.25) is 0 Å². The molecular weight excluding hydrogens is 276 g/mol. The van der Waals surface area contributed by atoms with Crippen LogP contribution < -0.4 is 4.90 Å². The number of amides is 1. The van der Waals surface area contributed by atoms with Gasteiger partial charge in [-0.05, 0) is 36.7 Å². The summed E-state index contributed by atoms with van der Waals surface area (Å²) < 4.78 is 7.54. The SMILES string of the molecule is CC(C)(C)OC(=O)N1CCn2nnc(Br)c21. The number of anilines is 1. The summed E-state index contributed by atoms with van der Waals surface area (Å²) in [6.07, 6.45) is -0.366. The van der Waals surface area contributed by atoms with E-state index < -0.39 is 5.60 Å². The first-order valence-electron chi connectivity index (χ1n) is 4.98. The van der Waals surface area contributed by atoms with Crippen LogP contribution in [-0.2, 0) is 11.3 Å². The molecule has 1 aromatic rings. The molecule has 88 valence electrons. The fourth-order valence-corrected chi connectivity index (χ4v) is 1.97. The maximum absolute atomic E-state index is 11.9. The average molecular weight is 289 g/mol. The third-order valence-electron chi connectivity index (χ3n) is 2.07. The van der Waals surface area contributed by atoms with Gasteiger partial charge in [-0.1, -0.05) is 5.21 Å². The normalized spacial score (nSPS) is 15.1. The highest BCUT2D eigenvalue weighted by Gasteiger charge is 2.32. The van der Waals surface area contributed by atoms with Gasteiger partial charge >= 0.3 is 6.09 Å². The van der Waals surface area contributed by atoms with Gasteiger partial charge in [0.05, 0.1) is 13.1 Å². The van der Waals surface area contributed by atoms with E-state index in [1.54, 1.807) is 4.68 Å². The molecule has 0 unspecified atom stereocenters. The highest BCUT2D eigenvalue weighted by Crippen LogP contribution is 2.29. The average Bonchev–Trinajstić information content (AvgIpc) is 2.66. The lowest BCUT2D eigenvalue weighted by molar-refractivity contribution is 0.0583. The number of rotatable bonds is 0. The Morgan fingerprint density at radius 1 is 1.44 bits per heavy atom. The summed E-state index contributed by atoms with van der Waals surface area (Å²) in [7, 11) is 0. The van der Waals surface area contributed by atoms with Gasteiger partial charge in [-0.3, -0.25) is 4.90 Å². The van der Waals surface area contributed by atoms with Crippen molar-refractivity contribution >= 4 is 27.8 Å². The van der Waals surface area contributed by atoms with Crippen LogP contribution >= 0.6 is 15.9 Å². The van der Waals surface area contributed by atoms with Crippen LogP contribution in [0.4, 0.5) is 10.6 Å².